The van der Waals surface area contributed by atoms with Crippen molar-refractivity contribution in [3.63, 3.8) is 0 Å². The smallest absolute Gasteiger partial charge is 0.462 e. The minimum atomic E-state index is -4.96. The van der Waals surface area contributed by atoms with Crippen LogP contribution in [0.2, 0.25) is 0 Å². The second kappa shape index (κ2) is 66.4. The maximum absolute atomic E-state index is 13.1. The van der Waals surface area contributed by atoms with Crippen LogP contribution in [0.1, 0.15) is 363 Å². The van der Waals surface area contributed by atoms with Gasteiger partial charge in [-0.25, -0.2) is 9.13 Å². The molecule has 0 bridgehead atoms. The molecule has 94 heavy (non-hydrogen) atoms. The van der Waals surface area contributed by atoms with Crippen molar-refractivity contribution in [3.8, 4) is 0 Å². The number of carbonyl (C=O) groups is 4. The summed E-state index contributed by atoms with van der Waals surface area (Å²) in [5, 5.41) is 10.6. The van der Waals surface area contributed by atoms with Gasteiger partial charge in [0.2, 0.25) is 0 Å². The Bertz CT molecular complexity index is 1910. The highest BCUT2D eigenvalue weighted by Crippen LogP contribution is 2.45. The number of allylic oxidation sites excluding steroid dienone is 4. The monoisotopic (exact) mass is 1380 g/mol. The van der Waals surface area contributed by atoms with E-state index in [2.05, 4.69) is 65.8 Å². The van der Waals surface area contributed by atoms with E-state index < -0.39 is 97.5 Å². The Morgan fingerprint density at radius 2 is 0.574 bits per heavy atom. The van der Waals surface area contributed by atoms with Crippen molar-refractivity contribution in [2.24, 2.45) is 11.8 Å². The number of hydrogen-bond donors (Lipinski definition) is 3. The van der Waals surface area contributed by atoms with E-state index in [4.69, 9.17) is 37.0 Å². The first-order valence-electron chi connectivity index (χ1n) is 38.3. The quantitative estimate of drug-likeness (QED) is 0.0169. The largest absolute Gasteiger partial charge is 0.472 e. The minimum absolute atomic E-state index is 0.101. The Morgan fingerprint density at radius 3 is 0.872 bits per heavy atom. The molecule has 0 amide bonds. The van der Waals surface area contributed by atoms with Crippen LogP contribution >= 0.6 is 15.6 Å². The predicted molar refractivity (Wildman–Crippen MR) is 381 cm³/mol. The maximum atomic E-state index is 13.1. The van der Waals surface area contributed by atoms with Crippen molar-refractivity contribution in [3.05, 3.63) is 24.3 Å². The SMILES string of the molecule is CCCCCC/C=C\C=C/CCCCCCCC(=O)OC[C@H](COP(=O)(O)OC[C@@H](O)COP(=O)(O)OC[C@@H](COC(=O)CCCCCCCCCC)OC(=O)CCCCCCCCCCCCCC(C)C)OC(=O)CCCCCCCCCCCCCCCCC(C)C. The Hall–Kier alpha value is -2.46. The number of hydrogen-bond acceptors (Lipinski definition) is 15. The summed E-state index contributed by atoms with van der Waals surface area (Å²) in [4.78, 5) is 72.7. The molecule has 2 unspecified atom stereocenters. The number of ether oxygens (including phenoxy) is 4. The minimum Gasteiger partial charge on any atom is -0.462 e. The Labute approximate surface area is 573 Å². The van der Waals surface area contributed by atoms with Crippen LogP contribution < -0.4 is 0 Å². The first-order valence-corrected chi connectivity index (χ1v) is 41.3. The number of phosphoric ester groups is 2. The van der Waals surface area contributed by atoms with Gasteiger partial charge in [-0.2, -0.15) is 0 Å². The molecule has 5 atom stereocenters. The highest BCUT2D eigenvalue weighted by molar-refractivity contribution is 7.47. The lowest BCUT2D eigenvalue weighted by Gasteiger charge is -2.21. The van der Waals surface area contributed by atoms with E-state index in [1.807, 2.05) is 0 Å². The Balaban J connectivity index is 5.26. The zero-order valence-electron chi connectivity index (χ0n) is 60.7. The third-order valence-electron chi connectivity index (χ3n) is 16.8. The molecular weight excluding hydrogens is 1230 g/mol. The molecule has 0 spiro atoms. The van der Waals surface area contributed by atoms with Crippen molar-refractivity contribution in [2.45, 2.75) is 381 Å². The van der Waals surface area contributed by atoms with Crippen LogP contribution in [0.3, 0.4) is 0 Å². The maximum Gasteiger partial charge on any atom is 0.472 e. The fourth-order valence-electron chi connectivity index (χ4n) is 10.9. The van der Waals surface area contributed by atoms with Crippen LogP contribution in [0.4, 0.5) is 0 Å². The number of esters is 4. The van der Waals surface area contributed by atoms with Gasteiger partial charge < -0.3 is 33.8 Å². The highest BCUT2D eigenvalue weighted by atomic mass is 31.2. The molecule has 0 saturated heterocycles. The molecule has 0 aromatic heterocycles. The van der Waals surface area contributed by atoms with E-state index in [-0.39, 0.29) is 25.7 Å². The molecule has 0 fully saturated rings. The molecule has 0 heterocycles. The number of rotatable bonds is 72. The van der Waals surface area contributed by atoms with Gasteiger partial charge in [-0.05, 0) is 63.2 Å². The Morgan fingerprint density at radius 1 is 0.330 bits per heavy atom. The van der Waals surface area contributed by atoms with Gasteiger partial charge in [-0.1, -0.05) is 310 Å². The van der Waals surface area contributed by atoms with E-state index >= 15 is 0 Å². The van der Waals surface area contributed by atoms with E-state index in [1.165, 1.54) is 154 Å². The third-order valence-corrected chi connectivity index (χ3v) is 18.7. The molecule has 0 aliphatic carbocycles. The molecule has 0 saturated carbocycles. The van der Waals surface area contributed by atoms with Gasteiger partial charge >= 0.3 is 39.5 Å². The van der Waals surface area contributed by atoms with E-state index in [9.17, 15) is 43.2 Å². The molecule has 17 nitrogen and oxygen atoms in total. The second-order valence-electron chi connectivity index (χ2n) is 27.3. The number of aliphatic hydroxyl groups excluding tert-OH is 1. The molecule has 0 aromatic rings. The van der Waals surface area contributed by atoms with Gasteiger partial charge in [0.1, 0.15) is 19.3 Å². The van der Waals surface area contributed by atoms with Gasteiger partial charge in [-0.15, -0.1) is 0 Å². The lowest BCUT2D eigenvalue weighted by atomic mass is 10.0. The first-order chi connectivity index (χ1) is 45.4. The van der Waals surface area contributed by atoms with Crippen molar-refractivity contribution in [2.75, 3.05) is 39.6 Å². The second-order valence-corrected chi connectivity index (χ2v) is 30.2. The standard InChI is InChI=1S/C75H142O17P2/c1-7-9-11-13-15-17-18-19-20-24-29-34-40-46-52-58-73(78)86-64-71(92-74(79)59-53-47-41-35-30-25-22-21-23-27-32-37-43-49-55-67(3)4)66-90-94(83,84)88-62-69(76)61-87-93(81,82)89-65-70(63-85-72(77)57-51-45-39-16-14-12-10-8-2)91-75(80)60-54-48-42-36-31-26-28-33-38-44-50-56-68(5)6/h17-20,67-71,76H,7-16,21-66H2,1-6H3,(H,81,82)(H,83,84)/b18-17-,20-19-/t69-,70+,71+/m0/s1. The van der Waals surface area contributed by atoms with Crippen LogP contribution in [0, 0.1) is 11.8 Å². The van der Waals surface area contributed by atoms with Crippen LogP contribution in [-0.2, 0) is 65.4 Å². The van der Waals surface area contributed by atoms with Gasteiger partial charge in [0.05, 0.1) is 26.4 Å². The number of phosphoric acid groups is 2. The van der Waals surface area contributed by atoms with Gasteiger partial charge in [0.25, 0.3) is 0 Å². The first kappa shape index (κ1) is 91.5. The lowest BCUT2D eigenvalue weighted by molar-refractivity contribution is -0.161. The summed E-state index contributed by atoms with van der Waals surface area (Å²) in [5.74, 6) is -0.593. The molecule has 0 aromatic carbocycles. The van der Waals surface area contributed by atoms with Crippen molar-refractivity contribution in [1.82, 2.24) is 0 Å². The molecule has 3 N–H and O–H groups in total. The van der Waals surface area contributed by atoms with Crippen LogP contribution in [0.15, 0.2) is 24.3 Å². The average molecular weight is 1380 g/mol. The van der Waals surface area contributed by atoms with Gasteiger partial charge in [-0.3, -0.25) is 37.3 Å². The van der Waals surface area contributed by atoms with Gasteiger partial charge in [0, 0.05) is 25.7 Å². The van der Waals surface area contributed by atoms with Crippen LogP contribution in [0.5, 0.6) is 0 Å². The van der Waals surface area contributed by atoms with Crippen molar-refractivity contribution < 1.29 is 80.2 Å². The molecule has 19 heteroatoms. The molecule has 554 valence electrons. The highest BCUT2D eigenvalue weighted by Gasteiger charge is 2.30. The summed E-state index contributed by atoms with van der Waals surface area (Å²) in [5.41, 5.74) is 0. The molecule has 0 rings (SSSR count). The molecule has 0 aliphatic rings. The van der Waals surface area contributed by atoms with E-state index in [0.717, 1.165) is 127 Å². The summed E-state index contributed by atoms with van der Waals surface area (Å²) in [6, 6.07) is 0. The normalized spacial score (nSPS) is 14.2. The third kappa shape index (κ3) is 68.1. The average Bonchev–Trinajstić information content (AvgIpc) is 1.86. The van der Waals surface area contributed by atoms with Crippen molar-refractivity contribution in [1.29, 1.82) is 0 Å². The van der Waals surface area contributed by atoms with E-state index in [0.29, 0.717) is 25.7 Å². The summed E-state index contributed by atoms with van der Waals surface area (Å²) in [6.45, 7) is 9.51. The summed E-state index contributed by atoms with van der Waals surface area (Å²) in [7, 11) is -9.92. The summed E-state index contributed by atoms with van der Waals surface area (Å²) in [6.07, 6.45) is 56.3. The molecule has 0 aliphatic heterocycles. The lowest BCUT2D eigenvalue weighted by Crippen LogP contribution is -2.30. The van der Waals surface area contributed by atoms with Gasteiger partial charge in [0.15, 0.2) is 12.2 Å². The number of aliphatic hydroxyl groups is 1. The number of unbranched alkanes of at least 4 members (excludes halogenated alkanes) is 39. The summed E-state index contributed by atoms with van der Waals surface area (Å²) < 4.78 is 68.4. The predicted octanol–water partition coefficient (Wildman–Crippen LogP) is 21.5. The fraction of sp³-hybridized carbons (Fsp3) is 0.893. The van der Waals surface area contributed by atoms with E-state index in [1.54, 1.807) is 0 Å². The summed E-state index contributed by atoms with van der Waals surface area (Å²) >= 11 is 0. The zero-order valence-corrected chi connectivity index (χ0v) is 62.5. The van der Waals surface area contributed by atoms with Crippen LogP contribution in [-0.4, -0.2) is 96.7 Å². The zero-order chi connectivity index (χ0) is 69.3. The topological polar surface area (TPSA) is 237 Å². The fourth-order valence-corrected chi connectivity index (χ4v) is 12.5. The molecule has 0 radical (unpaired) electrons. The van der Waals surface area contributed by atoms with Crippen LogP contribution in [0.25, 0.3) is 0 Å². The van der Waals surface area contributed by atoms with Crippen molar-refractivity contribution >= 4 is 39.5 Å². The molecular formula is C75H142O17P2. The Kier molecular flexibility index (Phi) is 64.7. The number of carbonyl (C=O) groups excluding carboxylic acids is 4.